The van der Waals surface area contributed by atoms with Crippen LogP contribution in [0.25, 0.3) is 0 Å². The molecule has 4 N–H and O–H groups in total. The van der Waals surface area contributed by atoms with Gasteiger partial charge in [-0.05, 0) is 24.3 Å². The lowest BCUT2D eigenvalue weighted by Gasteiger charge is -2.07. The summed E-state index contributed by atoms with van der Waals surface area (Å²) in [6.45, 7) is 5.25. The molecule has 0 bridgehead atoms. The first-order valence-corrected chi connectivity index (χ1v) is 9.62. The number of amides is 3. The van der Waals surface area contributed by atoms with Crippen LogP contribution in [-0.2, 0) is 20.8 Å². The second-order valence-corrected chi connectivity index (χ2v) is 6.87. The quantitative estimate of drug-likeness (QED) is 0.277. The molecule has 152 valence electrons. The molecule has 0 radical (unpaired) electrons. The van der Waals surface area contributed by atoms with E-state index >= 15 is 0 Å². The Morgan fingerprint density at radius 1 is 1.14 bits per heavy atom. The Morgan fingerprint density at radius 2 is 1.79 bits per heavy atom. The summed E-state index contributed by atoms with van der Waals surface area (Å²) in [5, 5.41) is 8.21. The van der Waals surface area contributed by atoms with Crippen LogP contribution in [0.3, 0.4) is 0 Å². The van der Waals surface area contributed by atoms with Crippen LogP contribution in [0.2, 0.25) is 0 Å². The topological polar surface area (TPSA) is 133 Å². The SMILES string of the molecule is C=CCNC(=O)Cc1cc(=O)[nH]c(SCC(=O)Nc2ccc(NC(C)=O)cc2)n1. The normalized spacial score (nSPS) is 10.1. The second kappa shape index (κ2) is 10.8. The van der Waals surface area contributed by atoms with Crippen molar-refractivity contribution in [2.24, 2.45) is 0 Å². The van der Waals surface area contributed by atoms with Crippen molar-refractivity contribution >= 4 is 40.9 Å². The summed E-state index contributed by atoms with van der Waals surface area (Å²) >= 11 is 1.05. The van der Waals surface area contributed by atoms with Gasteiger partial charge in [0.1, 0.15) is 0 Å². The molecule has 1 aromatic carbocycles. The number of benzene rings is 1. The smallest absolute Gasteiger partial charge is 0.251 e. The van der Waals surface area contributed by atoms with Crippen LogP contribution in [0, 0.1) is 0 Å². The van der Waals surface area contributed by atoms with Gasteiger partial charge in [0.05, 0.1) is 17.9 Å². The summed E-state index contributed by atoms with van der Waals surface area (Å²) in [6, 6.07) is 7.91. The van der Waals surface area contributed by atoms with E-state index in [0.29, 0.717) is 23.6 Å². The van der Waals surface area contributed by atoms with E-state index in [2.05, 4.69) is 32.5 Å². The average molecular weight is 415 g/mol. The molecule has 29 heavy (non-hydrogen) atoms. The maximum Gasteiger partial charge on any atom is 0.251 e. The molecule has 0 atom stereocenters. The number of H-pyrrole nitrogens is 1. The van der Waals surface area contributed by atoms with Gasteiger partial charge in [-0.1, -0.05) is 17.8 Å². The van der Waals surface area contributed by atoms with Crippen molar-refractivity contribution in [3.8, 4) is 0 Å². The number of rotatable bonds is 9. The molecule has 1 heterocycles. The fourth-order valence-corrected chi connectivity index (χ4v) is 2.92. The highest BCUT2D eigenvalue weighted by molar-refractivity contribution is 7.99. The Labute approximate surface area is 171 Å². The third-order valence-electron chi connectivity index (χ3n) is 3.39. The number of hydrogen-bond acceptors (Lipinski definition) is 6. The van der Waals surface area contributed by atoms with Gasteiger partial charge >= 0.3 is 0 Å². The molecule has 0 fully saturated rings. The molecule has 0 saturated carbocycles. The molecule has 1 aromatic heterocycles. The highest BCUT2D eigenvalue weighted by atomic mass is 32.2. The van der Waals surface area contributed by atoms with Gasteiger partial charge in [0, 0.05) is 30.9 Å². The van der Waals surface area contributed by atoms with E-state index in [-0.39, 0.29) is 35.1 Å². The van der Waals surface area contributed by atoms with Crippen LogP contribution in [0.1, 0.15) is 12.6 Å². The number of carbonyl (C=O) groups is 3. The van der Waals surface area contributed by atoms with Gasteiger partial charge in [-0.25, -0.2) is 4.98 Å². The predicted octanol–water partition coefficient (Wildman–Crippen LogP) is 1.30. The molecule has 2 rings (SSSR count). The molecule has 2 aromatic rings. The van der Waals surface area contributed by atoms with Crippen LogP contribution in [0.4, 0.5) is 11.4 Å². The zero-order valence-electron chi connectivity index (χ0n) is 15.8. The summed E-state index contributed by atoms with van der Waals surface area (Å²) in [5.41, 5.74) is 1.11. The molecule has 0 aliphatic rings. The van der Waals surface area contributed by atoms with Crippen molar-refractivity contribution in [2.75, 3.05) is 22.9 Å². The molecule has 3 amide bonds. The van der Waals surface area contributed by atoms with Gasteiger partial charge in [-0.3, -0.25) is 19.2 Å². The van der Waals surface area contributed by atoms with Crippen LogP contribution < -0.4 is 21.5 Å². The summed E-state index contributed by atoms with van der Waals surface area (Å²) in [7, 11) is 0. The van der Waals surface area contributed by atoms with Gasteiger partial charge in [0.15, 0.2) is 5.16 Å². The minimum absolute atomic E-state index is 0.0164. The van der Waals surface area contributed by atoms with Gasteiger partial charge in [-0.15, -0.1) is 6.58 Å². The van der Waals surface area contributed by atoms with Crippen LogP contribution in [-0.4, -0.2) is 40.0 Å². The van der Waals surface area contributed by atoms with E-state index in [1.165, 1.54) is 13.0 Å². The first kappa shape index (κ1) is 21.9. The van der Waals surface area contributed by atoms with Gasteiger partial charge in [-0.2, -0.15) is 0 Å². The van der Waals surface area contributed by atoms with Crippen molar-refractivity contribution in [1.82, 2.24) is 15.3 Å². The molecule has 0 unspecified atom stereocenters. The first-order chi connectivity index (χ1) is 13.9. The van der Waals surface area contributed by atoms with Crippen molar-refractivity contribution < 1.29 is 14.4 Å². The molecular formula is C19H21N5O4S. The summed E-state index contributed by atoms with van der Waals surface area (Å²) in [6.07, 6.45) is 1.51. The Hall–Kier alpha value is -3.40. The lowest BCUT2D eigenvalue weighted by molar-refractivity contribution is -0.120. The number of thioether (sulfide) groups is 1. The Balaban J connectivity index is 1.90. The lowest BCUT2D eigenvalue weighted by atomic mass is 10.3. The molecule has 10 heteroatoms. The number of anilines is 2. The largest absolute Gasteiger partial charge is 0.352 e. The van der Waals surface area contributed by atoms with Gasteiger partial charge in [0.2, 0.25) is 17.7 Å². The van der Waals surface area contributed by atoms with E-state index in [4.69, 9.17) is 0 Å². The number of carbonyl (C=O) groups excluding carboxylic acids is 3. The summed E-state index contributed by atoms with van der Waals surface area (Å²) in [5.74, 6) is -0.735. The van der Waals surface area contributed by atoms with Crippen LogP contribution in [0.15, 0.2) is 52.9 Å². The maximum atomic E-state index is 12.1. The Bertz CT molecular complexity index is 956. The van der Waals surface area contributed by atoms with Gasteiger partial charge < -0.3 is 20.9 Å². The number of hydrogen-bond donors (Lipinski definition) is 4. The number of aromatic amines is 1. The predicted molar refractivity (Wildman–Crippen MR) is 112 cm³/mol. The van der Waals surface area contributed by atoms with Crippen molar-refractivity contribution in [3.05, 3.63) is 59.0 Å². The molecule has 0 spiro atoms. The molecule has 9 nitrogen and oxygen atoms in total. The summed E-state index contributed by atoms with van der Waals surface area (Å²) in [4.78, 5) is 53.4. The van der Waals surface area contributed by atoms with E-state index in [1.807, 2.05) is 0 Å². The average Bonchev–Trinajstić information content (AvgIpc) is 2.65. The molecule has 0 aliphatic carbocycles. The first-order valence-electron chi connectivity index (χ1n) is 8.64. The fourth-order valence-electron chi connectivity index (χ4n) is 2.23. The third kappa shape index (κ3) is 8.01. The second-order valence-electron chi connectivity index (χ2n) is 5.91. The van der Waals surface area contributed by atoms with E-state index in [0.717, 1.165) is 11.8 Å². The highest BCUT2D eigenvalue weighted by Gasteiger charge is 2.09. The molecule has 0 saturated heterocycles. The minimum Gasteiger partial charge on any atom is -0.352 e. The van der Waals surface area contributed by atoms with Gasteiger partial charge in [0.25, 0.3) is 5.56 Å². The van der Waals surface area contributed by atoms with E-state index in [1.54, 1.807) is 30.3 Å². The summed E-state index contributed by atoms with van der Waals surface area (Å²) < 4.78 is 0. The highest BCUT2D eigenvalue weighted by Crippen LogP contribution is 2.15. The van der Waals surface area contributed by atoms with E-state index in [9.17, 15) is 19.2 Å². The number of nitrogens with zero attached hydrogens (tertiary/aromatic N) is 1. The zero-order chi connectivity index (χ0) is 21.2. The third-order valence-corrected chi connectivity index (χ3v) is 4.26. The maximum absolute atomic E-state index is 12.1. The fraction of sp³-hybridized carbons (Fsp3) is 0.211. The zero-order valence-corrected chi connectivity index (χ0v) is 16.6. The number of aromatic nitrogens is 2. The Kier molecular flexibility index (Phi) is 8.16. The lowest BCUT2D eigenvalue weighted by Crippen LogP contribution is -2.26. The monoisotopic (exact) mass is 415 g/mol. The Morgan fingerprint density at radius 3 is 2.41 bits per heavy atom. The molecule has 0 aliphatic heterocycles. The van der Waals surface area contributed by atoms with Crippen molar-refractivity contribution in [2.45, 2.75) is 18.5 Å². The number of nitrogens with one attached hydrogen (secondary N) is 4. The van der Waals surface area contributed by atoms with Crippen molar-refractivity contribution in [1.29, 1.82) is 0 Å². The van der Waals surface area contributed by atoms with Crippen LogP contribution in [0.5, 0.6) is 0 Å². The van der Waals surface area contributed by atoms with Crippen LogP contribution >= 0.6 is 11.8 Å². The van der Waals surface area contributed by atoms with Crippen molar-refractivity contribution in [3.63, 3.8) is 0 Å². The minimum atomic E-state index is -0.400. The standard InChI is InChI=1S/C19H21N5O4S/c1-3-8-20-16(26)9-15-10-17(27)24-19(23-15)29-11-18(28)22-14-6-4-13(5-7-14)21-12(2)25/h3-7,10H,1,8-9,11H2,2H3,(H,20,26)(H,21,25)(H,22,28)(H,23,24,27). The van der Waals surface area contributed by atoms with E-state index < -0.39 is 5.56 Å². The molecular weight excluding hydrogens is 394 g/mol.